The molecule has 0 spiro atoms. The number of carboxylic acid groups (broad SMARTS) is 2. The number of nitrogens with zero attached hydrogens (tertiary/aromatic N) is 3. The van der Waals surface area contributed by atoms with E-state index >= 15 is 0 Å². The molecule has 4 rings (SSSR count). The van der Waals surface area contributed by atoms with Gasteiger partial charge in [-0.3, -0.25) is 19.2 Å². The number of ketones is 1. The van der Waals surface area contributed by atoms with E-state index in [9.17, 15) is 49.2 Å². The molecule has 3 atom stereocenters. The van der Waals surface area contributed by atoms with Crippen molar-refractivity contribution in [3.05, 3.63) is 33.8 Å². The first-order valence-electron chi connectivity index (χ1n) is 12.9. The number of thioether (sulfide) groups is 2. The van der Waals surface area contributed by atoms with Crippen LogP contribution < -0.4 is 16.4 Å². The van der Waals surface area contributed by atoms with Crippen molar-refractivity contribution in [3.8, 4) is 11.5 Å². The van der Waals surface area contributed by atoms with Crippen molar-refractivity contribution in [2.24, 2.45) is 5.16 Å². The summed E-state index contributed by atoms with van der Waals surface area (Å²) in [5.74, 6) is -7.58. The van der Waals surface area contributed by atoms with Crippen LogP contribution in [0, 0.1) is 0 Å². The van der Waals surface area contributed by atoms with Crippen LogP contribution in [0.4, 0.5) is 5.13 Å². The molecule has 8 N–H and O–H groups in total. The Labute approximate surface area is 276 Å². The number of amides is 3. The molecule has 1 unspecified atom stereocenters. The summed E-state index contributed by atoms with van der Waals surface area (Å²) >= 11 is 8.65. The highest BCUT2D eigenvalue weighted by atomic mass is 35.5. The molecule has 17 nitrogen and oxygen atoms in total. The first-order chi connectivity index (χ1) is 21.5. The number of rotatable bonds is 13. The average molecular weight is 717 g/mol. The maximum Gasteiger partial charge on any atom is 0.350 e. The number of aromatic nitrogens is 1. The predicted octanol–water partition coefficient (Wildman–Crippen LogP) is 0.287. The number of carbonyl (C=O) groups excluding carboxylic acids is 4. The number of β-lactam (4-membered cyclic amide) rings is 1. The average Bonchev–Trinajstić information content (AvgIpc) is 3.57. The zero-order chi connectivity index (χ0) is 34.1. The van der Waals surface area contributed by atoms with Gasteiger partial charge in [-0.15, -0.1) is 34.9 Å². The highest BCUT2D eigenvalue weighted by molar-refractivity contribution is 8.20. The van der Waals surface area contributed by atoms with Gasteiger partial charge in [0.05, 0.1) is 17.1 Å². The van der Waals surface area contributed by atoms with Gasteiger partial charge in [-0.05, 0) is 19.9 Å². The Morgan fingerprint density at radius 1 is 1.22 bits per heavy atom. The standard InChI is InChI=1S/C25H25ClN6O11S3/c1-24(2,21(39)40)43-31-14(11-7-44-23(27)29-11)17(36)30-15-19(38)32-8-25(22(41)42,46-20(15)32)45-4-3-28-18(37)16(35)9-5-12(33)13(34)6-10(9)26/h5-7,15,20,33-34H,3-4,8H2,1-2H3,(H2,27,29)(H,28,37)(H,30,36)(H,39,40)(H,41,42)/b31-14-/t15?,20-,25-/m1/s1. The topological polar surface area (TPSA) is 271 Å². The molecule has 3 amide bonds. The van der Waals surface area contributed by atoms with E-state index < -0.39 is 73.7 Å². The highest BCUT2D eigenvalue weighted by Gasteiger charge is 2.62. The fourth-order valence-electron chi connectivity index (χ4n) is 3.99. The maximum absolute atomic E-state index is 13.2. The van der Waals surface area contributed by atoms with Gasteiger partial charge in [0.25, 0.3) is 17.6 Å². The molecule has 2 aliphatic heterocycles. The Bertz CT molecular complexity index is 1670. The van der Waals surface area contributed by atoms with E-state index in [1.807, 2.05) is 0 Å². The number of hydrogen-bond acceptors (Lipinski definition) is 15. The van der Waals surface area contributed by atoms with Crippen LogP contribution in [-0.2, 0) is 28.8 Å². The van der Waals surface area contributed by atoms with Crippen molar-refractivity contribution in [1.82, 2.24) is 20.5 Å². The van der Waals surface area contributed by atoms with Gasteiger partial charge in [0.2, 0.25) is 11.5 Å². The largest absolute Gasteiger partial charge is 0.504 e. The Morgan fingerprint density at radius 2 is 1.89 bits per heavy atom. The molecule has 1 aromatic carbocycles. The highest BCUT2D eigenvalue weighted by Crippen LogP contribution is 2.52. The Morgan fingerprint density at radius 3 is 2.50 bits per heavy atom. The fourth-order valence-corrected chi connectivity index (χ4v) is 7.82. The monoisotopic (exact) mass is 716 g/mol. The van der Waals surface area contributed by atoms with Crippen LogP contribution in [0.15, 0.2) is 22.7 Å². The molecule has 2 aromatic rings. The second kappa shape index (κ2) is 13.2. The number of halogens is 1. The van der Waals surface area contributed by atoms with Crippen molar-refractivity contribution in [2.45, 2.75) is 34.9 Å². The van der Waals surface area contributed by atoms with Crippen LogP contribution in [0.2, 0.25) is 5.02 Å². The summed E-state index contributed by atoms with van der Waals surface area (Å²) in [5, 5.41) is 47.4. The molecule has 0 aliphatic carbocycles. The number of oxime groups is 1. The van der Waals surface area contributed by atoms with Crippen LogP contribution in [-0.4, -0.2) is 111 Å². The summed E-state index contributed by atoms with van der Waals surface area (Å²) in [6, 6.07) is 0.569. The summed E-state index contributed by atoms with van der Waals surface area (Å²) in [6.07, 6.45) is 0. The molecule has 0 radical (unpaired) electrons. The number of phenols is 2. The molecule has 2 aliphatic rings. The summed E-state index contributed by atoms with van der Waals surface area (Å²) in [7, 11) is 0. The molecule has 3 heterocycles. The number of carboxylic acids is 2. The van der Waals surface area contributed by atoms with Gasteiger partial charge in [-0.25, -0.2) is 14.6 Å². The lowest BCUT2D eigenvalue weighted by Gasteiger charge is -2.41. The molecule has 2 fully saturated rings. The number of nitrogens with one attached hydrogen (secondary N) is 2. The third-order valence-corrected chi connectivity index (χ3v) is 10.8. The number of carbonyl (C=O) groups is 6. The van der Waals surface area contributed by atoms with E-state index in [1.165, 1.54) is 24.1 Å². The summed E-state index contributed by atoms with van der Waals surface area (Å²) in [4.78, 5) is 85.0. The Balaban J connectivity index is 1.39. The SMILES string of the molecule is CC(C)(O/N=C(\C(=O)NC1C(=O)N2C[C@](SCCNC(=O)C(=O)c3cc(O)c(O)cc3Cl)(C(=O)O)S[C@H]12)c1csc(N)n1)C(=O)O. The van der Waals surface area contributed by atoms with E-state index in [0.717, 1.165) is 47.0 Å². The van der Waals surface area contributed by atoms with Crippen LogP contribution in [0.1, 0.15) is 29.9 Å². The number of phenolic OH excluding ortho intramolecular Hbond substituents is 2. The minimum Gasteiger partial charge on any atom is -0.504 e. The van der Waals surface area contributed by atoms with E-state index in [1.54, 1.807) is 0 Å². The predicted molar refractivity (Wildman–Crippen MR) is 166 cm³/mol. The number of nitrogen functional groups attached to an aromatic ring is 1. The lowest BCUT2D eigenvalue weighted by molar-refractivity contribution is -0.161. The summed E-state index contributed by atoms with van der Waals surface area (Å²) in [5.41, 5.74) is 3.00. The van der Waals surface area contributed by atoms with Gasteiger partial charge in [0.15, 0.2) is 26.4 Å². The fraction of sp³-hybridized carbons (Fsp3) is 0.360. The number of fused-ring (bicyclic) bond motifs is 1. The first-order valence-corrected chi connectivity index (χ1v) is 16.0. The molecular weight excluding hydrogens is 692 g/mol. The zero-order valence-electron chi connectivity index (χ0n) is 23.7. The van der Waals surface area contributed by atoms with E-state index in [0.29, 0.717) is 0 Å². The number of Topliss-reactive ketones (excluding diaryl/α,β-unsaturated/α-hetero) is 1. The molecule has 1 aromatic heterocycles. The normalized spacial score (nSPS) is 20.8. The third kappa shape index (κ3) is 6.93. The van der Waals surface area contributed by atoms with Crippen molar-refractivity contribution < 1.29 is 54.0 Å². The van der Waals surface area contributed by atoms with Crippen molar-refractivity contribution in [3.63, 3.8) is 0 Å². The van der Waals surface area contributed by atoms with Crippen molar-refractivity contribution >= 4 is 92.7 Å². The third-order valence-electron chi connectivity index (χ3n) is 6.54. The number of thiazole rings is 1. The smallest absolute Gasteiger partial charge is 0.350 e. The minimum atomic E-state index is -1.82. The number of anilines is 1. The molecule has 2 saturated heterocycles. The number of aromatic hydroxyl groups is 2. The summed E-state index contributed by atoms with van der Waals surface area (Å²) in [6.45, 7) is 2.02. The molecule has 46 heavy (non-hydrogen) atoms. The second-order valence-corrected chi connectivity index (χ2v) is 14.5. The molecule has 0 bridgehead atoms. The van der Waals surface area contributed by atoms with Gasteiger partial charge in [0, 0.05) is 23.7 Å². The quantitative estimate of drug-likeness (QED) is 0.0279. The summed E-state index contributed by atoms with van der Waals surface area (Å²) < 4.78 is -1.59. The van der Waals surface area contributed by atoms with E-state index in [4.69, 9.17) is 22.2 Å². The number of hydrogen-bond donors (Lipinski definition) is 7. The molecule has 0 saturated carbocycles. The Kier molecular flexibility index (Phi) is 9.95. The lowest BCUT2D eigenvalue weighted by atomic mass is 10.1. The first kappa shape index (κ1) is 34.6. The van der Waals surface area contributed by atoms with Crippen molar-refractivity contribution in [1.29, 1.82) is 0 Å². The van der Waals surface area contributed by atoms with E-state index in [-0.39, 0.29) is 40.3 Å². The van der Waals surface area contributed by atoms with Crippen LogP contribution in [0.25, 0.3) is 0 Å². The number of benzene rings is 1. The second-order valence-electron chi connectivity index (χ2n) is 10.2. The van der Waals surface area contributed by atoms with Gasteiger partial charge in [-0.2, -0.15) is 0 Å². The van der Waals surface area contributed by atoms with Gasteiger partial charge in [-0.1, -0.05) is 16.8 Å². The molecular formula is C25H25ClN6O11S3. The van der Waals surface area contributed by atoms with Crippen LogP contribution in [0.3, 0.4) is 0 Å². The maximum atomic E-state index is 13.2. The molecule has 246 valence electrons. The Hall–Kier alpha value is -4.27. The number of aliphatic carboxylic acids is 2. The minimum absolute atomic E-state index is 0.00257. The van der Waals surface area contributed by atoms with Gasteiger partial charge in [0.1, 0.15) is 17.1 Å². The molecule has 21 heteroatoms. The zero-order valence-corrected chi connectivity index (χ0v) is 26.9. The van der Waals surface area contributed by atoms with Crippen LogP contribution >= 0.6 is 46.5 Å². The van der Waals surface area contributed by atoms with E-state index in [2.05, 4.69) is 20.8 Å². The number of nitrogens with two attached hydrogens (primary N) is 1. The lowest BCUT2D eigenvalue weighted by Crippen LogP contribution is -2.68. The van der Waals surface area contributed by atoms with Crippen LogP contribution in [0.5, 0.6) is 11.5 Å². The van der Waals surface area contributed by atoms with Crippen molar-refractivity contribution in [2.75, 3.05) is 24.6 Å². The van der Waals surface area contributed by atoms with Gasteiger partial charge < -0.3 is 46.5 Å². The van der Waals surface area contributed by atoms with Gasteiger partial charge >= 0.3 is 11.9 Å².